The molecule has 296 valence electrons. The van der Waals surface area contributed by atoms with Crippen molar-refractivity contribution < 1.29 is 23.8 Å². The van der Waals surface area contributed by atoms with Crippen molar-refractivity contribution in [3.63, 3.8) is 0 Å². The Labute approximate surface area is 311 Å². The van der Waals surface area contributed by atoms with E-state index in [9.17, 15) is 9.59 Å². The summed E-state index contributed by atoms with van der Waals surface area (Å²) in [4.78, 5) is 22.6. The molecular formula is C45H86O5. The van der Waals surface area contributed by atoms with Crippen LogP contribution in [0, 0.1) is 17.8 Å². The third-order valence-corrected chi connectivity index (χ3v) is 11.1. The maximum atomic E-state index is 11.5. The number of unbranched alkanes of at least 4 members (excludes halogenated alkanes) is 27. The molecule has 1 rings (SSSR count). The van der Waals surface area contributed by atoms with Crippen molar-refractivity contribution in [1.29, 1.82) is 0 Å². The second-order valence-electron chi connectivity index (χ2n) is 17.1. The Kier molecular flexibility index (Phi) is 30.3. The first kappa shape index (κ1) is 46.8. The monoisotopic (exact) mass is 707 g/mol. The number of esters is 1. The first-order valence-electron chi connectivity index (χ1n) is 22.2. The van der Waals surface area contributed by atoms with E-state index in [1.807, 2.05) is 20.8 Å². The molecule has 0 aromatic rings. The highest BCUT2D eigenvalue weighted by Crippen LogP contribution is 2.48. The summed E-state index contributed by atoms with van der Waals surface area (Å²) in [5, 5.41) is 0. The predicted octanol–water partition coefficient (Wildman–Crippen LogP) is 14.9. The molecule has 0 saturated heterocycles. The molecule has 0 amide bonds. The maximum absolute atomic E-state index is 11.5. The zero-order valence-electron chi connectivity index (χ0n) is 34.3. The minimum Gasteiger partial charge on any atom is -0.469 e. The summed E-state index contributed by atoms with van der Waals surface area (Å²) in [5.74, 6) is 3.02. The van der Waals surface area contributed by atoms with Crippen molar-refractivity contribution in [2.45, 2.75) is 245 Å². The fraction of sp³-hybridized carbons (Fsp3) is 0.956. The summed E-state index contributed by atoms with van der Waals surface area (Å²) < 4.78 is 15.0. The normalized spacial score (nSPS) is 16.3. The largest absolute Gasteiger partial charge is 0.508 e. The number of carbonyl (C=O) groups is 2. The number of hydrogen-bond acceptors (Lipinski definition) is 5. The first-order chi connectivity index (χ1) is 24.2. The molecule has 0 spiro atoms. The predicted molar refractivity (Wildman–Crippen MR) is 213 cm³/mol. The van der Waals surface area contributed by atoms with Gasteiger partial charge >= 0.3 is 12.1 Å². The van der Waals surface area contributed by atoms with E-state index in [1.54, 1.807) is 0 Å². The minimum absolute atomic E-state index is 0.0641. The SMILES string of the molecule is COC(=O)CCCCCCCCCCCCCCCC(C)[C@@H]1C[C@H]1CCCCCCCCCCCCCCCCCCOC(=O)OC(C)(C)C. The van der Waals surface area contributed by atoms with Crippen LogP contribution < -0.4 is 0 Å². The molecule has 0 heterocycles. The Bertz CT molecular complexity index is 774. The van der Waals surface area contributed by atoms with Gasteiger partial charge in [-0.2, -0.15) is 0 Å². The van der Waals surface area contributed by atoms with Gasteiger partial charge < -0.3 is 14.2 Å². The number of hydrogen-bond donors (Lipinski definition) is 0. The quantitative estimate of drug-likeness (QED) is 0.0479. The fourth-order valence-corrected chi connectivity index (χ4v) is 7.71. The molecule has 0 aromatic heterocycles. The Hall–Kier alpha value is -1.26. The van der Waals surface area contributed by atoms with Gasteiger partial charge in [0.1, 0.15) is 5.60 Å². The summed E-state index contributed by atoms with van der Waals surface area (Å²) in [6, 6.07) is 0. The summed E-state index contributed by atoms with van der Waals surface area (Å²) >= 11 is 0. The molecule has 0 N–H and O–H groups in total. The molecule has 0 radical (unpaired) electrons. The van der Waals surface area contributed by atoms with Crippen LogP contribution >= 0.6 is 0 Å². The van der Waals surface area contributed by atoms with Gasteiger partial charge in [-0.15, -0.1) is 0 Å². The lowest BCUT2D eigenvalue weighted by atomic mass is 9.95. The lowest BCUT2D eigenvalue weighted by molar-refractivity contribution is -0.140. The molecule has 0 aliphatic heterocycles. The second kappa shape index (κ2) is 32.4. The standard InChI is InChI=1S/C45H86O5/c1-40(35-31-27-23-19-15-11-10-13-17-21-25-29-33-37-43(46)48-5)42-39-41(42)36-32-28-24-20-16-12-8-6-7-9-14-18-22-26-30-34-38-49-44(47)50-45(2,3)4/h40-42H,6-39H2,1-5H3/t40?,41-,42+/m1/s1. The maximum Gasteiger partial charge on any atom is 0.508 e. The molecule has 1 saturated carbocycles. The minimum atomic E-state index is -0.542. The fourth-order valence-electron chi connectivity index (χ4n) is 7.71. The van der Waals surface area contributed by atoms with Gasteiger partial charge in [0.15, 0.2) is 0 Å². The second-order valence-corrected chi connectivity index (χ2v) is 17.1. The van der Waals surface area contributed by atoms with E-state index in [-0.39, 0.29) is 5.97 Å². The van der Waals surface area contributed by atoms with Gasteiger partial charge in [0.05, 0.1) is 13.7 Å². The molecule has 5 nitrogen and oxygen atoms in total. The number of ether oxygens (including phenoxy) is 3. The van der Waals surface area contributed by atoms with E-state index in [2.05, 4.69) is 6.92 Å². The smallest absolute Gasteiger partial charge is 0.469 e. The third-order valence-electron chi connectivity index (χ3n) is 11.1. The van der Waals surface area contributed by atoms with Crippen molar-refractivity contribution in [1.82, 2.24) is 0 Å². The van der Waals surface area contributed by atoms with E-state index < -0.39 is 11.8 Å². The molecule has 1 aliphatic carbocycles. The van der Waals surface area contributed by atoms with Gasteiger partial charge in [0.2, 0.25) is 0 Å². The highest BCUT2D eigenvalue weighted by Gasteiger charge is 2.39. The summed E-state index contributed by atoms with van der Waals surface area (Å²) in [7, 11) is 1.48. The van der Waals surface area contributed by atoms with Crippen molar-refractivity contribution in [3.8, 4) is 0 Å². The van der Waals surface area contributed by atoms with Crippen LogP contribution in [0.2, 0.25) is 0 Å². The average Bonchev–Trinajstić information content (AvgIpc) is 3.86. The van der Waals surface area contributed by atoms with E-state index in [4.69, 9.17) is 14.2 Å². The van der Waals surface area contributed by atoms with Crippen LogP contribution in [0.5, 0.6) is 0 Å². The van der Waals surface area contributed by atoms with Crippen LogP contribution in [0.1, 0.15) is 240 Å². The number of carbonyl (C=O) groups excluding carboxylic acids is 2. The van der Waals surface area contributed by atoms with Gasteiger partial charge in [-0.25, -0.2) is 4.79 Å². The summed E-state index contributed by atoms with van der Waals surface area (Å²) in [5.41, 5.74) is -0.476. The van der Waals surface area contributed by atoms with Crippen molar-refractivity contribution in [2.24, 2.45) is 17.8 Å². The Morgan fingerprint density at radius 2 is 0.940 bits per heavy atom. The van der Waals surface area contributed by atoms with Gasteiger partial charge in [0, 0.05) is 6.42 Å². The third kappa shape index (κ3) is 31.5. The van der Waals surface area contributed by atoms with E-state index in [0.29, 0.717) is 13.0 Å². The molecule has 1 aliphatic rings. The lowest BCUT2D eigenvalue weighted by Gasteiger charge is -2.18. The van der Waals surface area contributed by atoms with Crippen LogP contribution in [-0.4, -0.2) is 31.4 Å². The molecule has 0 bridgehead atoms. The zero-order valence-corrected chi connectivity index (χ0v) is 34.3. The Morgan fingerprint density at radius 1 is 0.560 bits per heavy atom. The van der Waals surface area contributed by atoms with Crippen molar-refractivity contribution in [2.75, 3.05) is 13.7 Å². The van der Waals surface area contributed by atoms with Crippen LogP contribution in [0.4, 0.5) is 4.79 Å². The van der Waals surface area contributed by atoms with Gasteiger partial charge in [-0.05, 0) is 57.8 Å². The Morgan fingerprint density at radius 3 is 1.36 bits per heavy atom. The summed E-state index contributed by atoms with van der Waals surface area (Å²) in [6.07, 6.45) is 43.9. The highest BCUT2D eigenvalue weighted by atomic mass is 16.7. The van der Waals surface area contributed by atoms with E-state index >= 15 is 0 Å². The van der Waals surface area contributed by atoms with Crippen LogP contribution in [0.3, 0.4) is 0 Å². The molecule has 5 heteroatoms. The highest BCUT2D eigenvalue weighted by molar-refractivity contribution is 5.68. The first-order valence-corrected chi connectivity index (χ1v) is 22.2. The van der Waals surface area contributed by atoms with Crippen LogP contribution in [0.25, 0.3) is 0 Å². The van der Waals surface area contributed by atoms with Crippen LogP contribution in [0.15, 0.2) is 0 Å². The molecule has 3 atom stereocenters. The lowest BCUT2D eigenvalue weighted by Crippen LogP contribution is -2.24. The molecule has 50 heavy (non-hydrogen) atoms. The molecular weight excluding hydrogens is 620 g/mol. The van der Waals surface area contributed by atoms with E-state index in [0.717, 1.165) is 37.0 Å². The topological polar surface area (TPSA) is 61.8 Å². The average molecular weight is 707 g/mol. The zero-order chi connectivity index (χ0) is 36.5. The van der Waals surface area contributed by atoms with Crippen molar-refractivity contribution in [3.05, 3.63) is 0 Å². The van der Waals surface area contributed by atoms with Crippen molar-refractivity contribution >= 4 is 12.1 Å². The Balaban J connectivity index is 1.73. The number of rotatable bonds is 36. The van der Waals surface area contributed by atoms with E-state index in [1.165, 1.54) is 193 Å². The van der Waals surface area contributed by atoms with Crippen LogP contribution in [-0.2, 0) is 19.0 Å². The molecule has 1 fully saturated rings. The van der Waals surface area contributed by atoms with Gasteiger partial charge in [0.25, 0.3) is 0 Å². The number of methoxy groups -OCH3 is 1. The summed E-state index contributed by atoms with van der Waals surface area (Å²) in [6.45, 7) is 8.59. The van der Waals surface area contributed by atoms with Gasteiger partial charge in [-0.1, -0.05) is 193 Å². The molecule has 0 aromatic carbocycles. The molecule has 1 unspecified atom stereocenters. The van der Waals surface area contributed by atoms with Gasteiger partial charge in [-0.3, -0.25) is 4.79 Å².